The molecule has 0 atom stereocenters. The Kier molecular flexibility index (Phi) is 4.30. The summed E-state index contributed by atoms with van der Waals surface area (Å²) in [7, 11) is 0. The average molecular weight is 273 g/mol. The molecule has 1 aromatic carbocycles. The third-order valence-corrected chi connectivity index (χ3v) is 4.19. The lowest BCUT2D eigenvalue weighted by Crippen LogP contribution is -2.50. The van der Waals surface area contributed by atoms with E-state index >= 15 is 0 Å². The first kappa shape index (κ1) is 15.6. The van der Waals surface area contributed by atoms with E-state index in [1.165, 1.54) is 30.4 Å². The van der Waals surface area contributed by atoms with E-state index in [2.05, 4.69) is 71.1 Å². The van der Waals surface area contributed by atoms with Crippen LogP contribution in [-0.2, 0) is 11.8 Å². The van der Waals surface area contributed by atoms with Crippen LogP contribution in [0.2, 0.25) is 0 Å². The molecule has 0 spiro atoms. The molecule has 1 heteroatoms. The molecule has 1 aliphatic rings. The highest BCUT2D eigenvalue weighted by molar-refractivity contribution is 5.29. The fourth-order valence-electron chi connectivity index (χ4n) is 3.13. The van der Waals surface area contributed by atoms with Crippen molar-refractivity contribution in [1.82, 2.24) is 5.32 Å². The van der Waals surface area contributed by atoms with Crippen molar-refractivity contribution >= 4 is 0 Å². The van der Waals surface area contributed by atoms with Crippen LogP contribution in [0.4, 0.5) is 0 Å². The van der Waals surface area contributed by atoms with Crippen LogP contribution in [0.25, 0.3) is 0 Å². The van der Waals surface area contributed by atoms with Gasteiger partial charge in [0.1, 0.15) is 0 Å². The van der Waals surface area contributed by atoms with Crippen LogP contribution in [0, 0.1) is 5.92 Å². The molecule has 0 heterocycles. The van der Waals surface area contributed by atoms with Crippen LogP contribution >= 0.6 is 0 Å². The van der Waals surface area contributed by atoms with Gasteiger partial charge in [-0.1, -0.05) is 45.0 Å². The van der Waals surface area contributed by atoms with Crippen molar-refractivity contribution in [2.75, 3.05) is 0 Å². The van der Waals surface area contributed by atoms with Gasteiger partial charge >= 0.3 is 0 Å². The Hall–Kier alpha value is -0.820. The summed E-state index contributed by atoms with van der Waals surface area (Å²) in [6.45, 7) is 13.6. The highest BCUT2D eigenvalue weighted by Gasteiger charge is 2.31. The van der Waals surface area contributed by atoms with Crippen LogP contribution in [0.3, 0.4) is 0 Å². The molecule has 1 saturated carbocycles. The van der Waals surface area contributed by atoms with Crippen LogP contribution < -0.4 is 5.32 Å². The normalized spacial score (nSPS) is 23.5. The van der Waals surface area contributed by atoms with Crippen molar-refractivity contribution in [2.45, 2.75) is 77.8 Å². The Bertz CT molecular complexity index is 442. The maximum Gasteiger partial charge on any atom is 0.00991 e. The van der Waals surface area contributed by atoms with Crippen molar-refractivity contribution in [3.63, 3.8) is 0 Å². The topological polar surface area (TPSA) is 12.0 Å². The second-order valence-corrected chi connectivity index (χ2v) is 8.58. The average Bonchev–Trinajstić information content (AvgIpc) is 2.23. The Labute approximate surface area is 125 Å². The van der Waals surface area contributed by atoms with E-state index in [1.54, 1.807) is 0 Å². The van der Waals surface area contributed by atoms with Crippen molar-refractivity contribution < 1.29 is 0 Å². The summed E-state index contributed by atoms with van der Waals surface area (Å²) < 4.78 is 0. The van der Waals surface area contributed by atoms with Gasteiger partial charge in [-0.25, -0.2) is 0 Å². The Morgan fingerprint density at radius 1 is 1.05 bits per heavy atom. The third kappa shape index (κ3) is 4.34. The Morgan fingerprint density at radius 3 is 2.25 bits per heavy atom. The van der Waals surface area contributed by atoms with Crippen molar-refractivity contribution in [1.29, 1.82) is 0 Å². The lowest BCUT2D eigenvalue weighted by Gasteiger charge is -2.40. The summed E-state index contributed by atoms with van der Waals surface area (Å²) in [5, 5.41) is 3.71. The molecule has 0 aromatic heterocycles. The SMILES string of the molecule is CC(C)(C)NC1CC(Cc2cccc(C(C)(C)C)c2)C1. The Balaban J connectivity index is 1.87. The number of hydrogen-bond donors (Lipinski definition) is 1. The quantitative estimate of drug-likeness (QED) is 0.842. The third-order valence-electron chi connectivity index (χ3n) is 4.19. The van der Waals surface area contributed by atoms with Gasteiger partial charge in [0.15, 0.2) is 0 Å². The van der Waals surface area contributed by atoms with E-state index in [9.17, 15) is 0 Å². The first-order valence-corrected chi connectivity index (χ1v) is 8.00. The second-order valence-electron chi connectivity index (χ2n) is 8.58. The maximum absolute atomic E-state index is 3.71. The van der Waals surface area contributed by atoms with Gasteiger partial charge in [-0.15, -0.1) is 0 Å². The van der Waals surface area contributed by atoms with E-state index < -0.39 is 0 Å². The zero-order valence-electron chi connectivity index (χ0n) is 14.1. The predicted octanol–water partition coefficient (Wildman–Crippen LogP) is 4.69. The first-order valence-electron chi connectivity index (χ1n) is 8.00. The Morgan fingerprint density at radius 2 is 1.70 bits per heavy atom. The molecule has 1 fully saturated rings. The summed E-state index contributed by atoms with van der Waals surface area (Å²) in [4.78, 5) is 0. The molecule has 0 radical (unpaired) electrons. The molecular formula is C19H31N. The van der Waals surface area contributed by atoms with Gasteiger partial charge in [-0.05, 0) is 62.5 Å². The van der Waals surface area contributed by atoms with Crippen LogP contribution in [-0.4, -0.2) is 11.6 Å². The summed E-state index contributed by atoms with van der Waals surface area (Å²) in [6.07, 6.45) is 3.90. The minimum absolute atomic E-state index is 0.252. The summed E-state index contributed by atoms with van der Waals surface area (Å²) in [5.74, 6) is 0.866. The van der Waals surface area contributed by atoms with Gasteiger partial charge in [0.25, 0.3) is 0 Å². The predicted molar refractivity (Wildman–Crippen MR) is 88.2 cm³/mol. The van der Waals surface area contributed by atoms with Gasteiger partial charge in [0.2, 0.25) is 0 Å². The van der Waals surface area contributed by atoms with Gasteiger partial charge < -0.3 is 5.32 Å². The molecule has 0 saturated heterocycles. The number of nitrogens with one attached hydrogen (secondary N) is 1. The van der Waals surface area contributed by atoms with E-state index in [4.69, 9.17) is 0 Å². The standard InChI is InChI=1S/C19H31N/c1-18(2,3)16-9-7-8-14(11-16)10-15-12-17(13-15)20-19(4,5)6/h7-9,11,15,17,20H,10,12-13H2,1-6H3. The smallest absolute Gasteiger partial charge is 0.00991 e. The largest absolute Gasteiger partial charge is 0.309 e. The zero-order chi connectivity index (χ0) is 15.0. The van der Waals surface area contributed by atoms with Crippen molar-refractivity contribution in [2.24, 2.45) is 5.92 Å². The second kappa shape index (κ2) is 5.52. The van der Waals surface area contributed by atoms with Gasteiger partial charge in [0, 0.05) is 11.6 Å². The molecule has 2 rings (SSSR count). The van der Waals surface area contributed by atoms with Crippen LogP contribution in [0.1, 0.15) is 65.5 Å². The molecule has 112 valence electrons. The fraction of sp³-hybridized carbons (Fsp3) is 0.684. The molecule has 1 aliphatic carbocycles. The number of rotatable bonds is 3. The zero-order valence-corrected chi connectivity index (χ0v) is 14.1. The first-order chi connectivity index (χ1) is 9.13. The number of hydrogen-bond acceptors (Lipinski definition) is 1. The van der Waals surface area contributed by atoms with E-state index in [0.717, 1.165) is 12.0 Å². The van der Waals surface area contributed by atoms with Crippen molar-refractivity contribution in [3.8, 4) is 0 Å². The summed E-state index contributed by atoms with van der Waals surface area (Å²) >= 11 is 0. The molecule has 0 aliphatic heterocycles. The van der Waals surface area contributed by atoms with Crippen molar-refractivity contribution in [3.05, 3.63) is 35.4 Å². The monoisotopic (exact) mass is 273 g/mol. The van der Waals surface area contributed by atoms with Crippen LogP contribution in [0.5, 0.6) is 0 Å². The molecule has 1 aromatic rings. The molecule has 20 heavy (non-hydrogen) atoms. The summed E-state index contributed by atoms with van der Waals surface area (Å²) in [6, 6.07) is 9.91. The van der Waals surface area contributed by atoms with E-state index in [1.807, 2.05) is 0 Å². The molecular weight excluding hydrogens is 242 g/mol. The fourth-order valence-corrected chi connectivity index (χ4v) is 3.13. The summed E-state index contributed by atoms with van der Waals surface area (Å²) in [5.41, 5.74) is 3.48. The van der Waals surface area contributed by atoms with E-state index in [-0.39, 0.29) is 11.0 Å². The molecule has 0 amide bonds. The lowest BCUT2D eigenvalue weighted by atomic mass is 9.75. The van der Waals surface area contributed by atoms with Gasteiger partial charge in [-0.3, -0.25) is 0 Å². The molecule has 1 nitrogen and oxygen atoms in total. The van der Waals surface area contributed by atoms with Crippen LogP contribution in [0.15, 0.2) is 24.3 Å². The molecule has 0 bridgehead atoms. The number of benzene rings is 1. The minimum Gasteiger partial charge on any atom is -0.309 e. The minimum atomic E-state index is 0.252. The highest BCUT2D eigenvalue weighted by Crippen LogP contribution is 2.33. The van der Waals surface area contributed by atoms with E-state index in [0.29, 0.717) is 0 Å². The molecule has 1 N–H and O–H groups in total. The lowest BCUT2D eigenvalue weighted by molar-refractivity contribution is 0.185. The van der Waals surface area contributed by atoms with Gasteiger partial charge in [0.05, 0.1) is 0 Å². The van der Waals surface area contributed by atoms with Gasteiger partial charge in [-0.2, -0.15) is 0 Å². The highest BCUT2D eigenvalue weighted by atomic mass is 15.0. The maximum atomic E-state index is 3.71. The molecule has 0 unspecified atom stereocenters.